The lowest BCUT2D eigenvalue weighted by Crippen LogP contribution is -2.53. The summed E-state index contributed by atoms with van der Waals surface area (Å²) in [5.74, 6) is -2.10. The second-order valence-corrected chi connectivity index (χ2v) is 6.32. The monoisotopic (exact) mass is 296 g/mol. The molecule has 5 nitrogen and oxygen atoms in total. The number of amides is 3. The molecule has 112 valence electrons. The van der Waals surface area contributed by atoms with Crippen molar-refractivity contribution in [2.24, 2.45) is 28.9 Å². The van der Waals surface area contributed by atoms with Crippen molar-refractivity contribution in [2.75, 3.05) is 4.90 Å². The highest BCUT2D eigenvalue weighted by Crippen LogP contribution is 2.56. The SMILES string of the molecule is NC(=O)C12C=CC(CC1)C1C(=O)N(c3ccccc3)C(=O)C12. The van der Waals surface area contributed by atoms with Crippen LogP contribution in [0.1, 0.15) is 12.8 Å². The number of allylic oxidation sites excluding steroid dienone is 1. The van der Waals surface area contributed by atoms with E-state index in [4.69, 9.17) is 5.73 Å². The summed E-state index contributed by atoms with van der Waals surface area (Å²) < 4.78 is 0. The molecule has 1 aromatic carbocycles. The lowest BCUT2D eigenvalue weighted by Gasteiger charge is -2.45. The van der Waals surface area contributed by atoms with Crippen molar-refractivity contribution >= 4 is 23.4 Å². The fourth-order valence-corrected chi connectivity index (χ4v) is 4.29. The molecule has 5 heteroatoms. The fourth-order valence-electron chi connectivity index (χ4n) is 4.29. The maximum atomic E-state index is 12.9. The predicted molar refractivity (Wildman–Crippen MR) is 79.4 cm³/mol. The molecule has 3 amide bonds. The summed E-state index contributed by atoms with van der Waals surface area (Å²) in [6, 6.07) is 8.87. The number of para-hydroxylation sites is 1. The van der Waals surface area contributed by atoms with Crippen LogP contribution in [0.5, 0.6) is 0 Å². The molecule has 1 aromatic rings. The standard InChI is InChI=1S/C17H16N2O3/c18-16(22)17-8-6-10(7-9-17)12-13(17)15(21)19(14(12)20)11-4-2-1-3-5-11/h1-6,8,10,12-13H,7,9H2,(H2,18,22). The summed E-state index contributed by atoms with van der Waals surface area (Å²) in [4.78, 5) is 39.0. The molecule has 1 saturated heterocycles. The third kappa shape index (κ3) is 1.46. The predicted octanol–water partition coefficient (Wildman–Crippen LogP) is 1.24. The molecule has 2 bridgehead atoms. The van der Waals surface area contributed by atoms with Crippen LogP contribution in [-0.4, -0.2) is 17.7 Å². The van der Waals surface area contributed by atoms with Gasteiger partial charge in [0.2, 0.25) is 17.7 Å². The van der Waals surface area contributed by atoms with Crippen LogP contribution in [-0.2, 0) is 14.4 Å². The maximum Gasteiger partial charge on any atom is 0.239 e. The van der Waals surface area contributed by atoms with Gasteiger partial charge in [-0.2, -0.15) is 0 Å². The zero-order valence-corrected chi connectivity index (χ0v) is 11.9. The highest BCUT2D eigenvalue weighted by Gasteiger charge is 2.65. The Balaban J connectivity index is 1.84. The van der Waals surface area contributed by atoms with E-state index in [0.29, 0.717) is 12.1 Å². The summed E-state index contributed by atoms with van der Waals surface area (Å²) in [5, 5.41) is 0. The number of anilines is 1. The van der Waals surface area contributed by atoms with E-state index in [-0.39, 0.29) is 17.7 Å². The van der Waals surface area contributed by atoms with Crippen molar-refractivity contribution < 1.29 is 14.4 Å². The number of nitrogens with zero attached hydrogens (tertiary/aromatic N) is 1. The van der Waals surface area contributed by atoms with Crippen molar-refractivity contribution in [3.63, 3.8) is 0 Å². The number of imide groups is 1. The molecular weight excluding hydrogens is 280 g/mol. The third-order valence-corrected chi connectivity index (χ3v) is 5.37. The second-order valence-electron chi connectivity index (χ2n) is 6.32. The first-order valence-corrected chi connectivity index (χ1v) is 7.48. The van der Waals surface area contributed by atoms with Gasteiger partial charge in [0.05, 0.1) is 22.9 Å². The number of hydrogen-bond acceptors (Lipinski definition) is 3. The van der Waals surface area contributed by atoms with E-state index in [1.807, 2.05) is 12.1 Å². The minimum absolute atomic E-state index is 0.0244. The molecule has 0 spiro atoms. The Morgan fingerprint density at radius 1 is 1.18 bits per heavy atom. The number of fused-ring (bicyclic) bond motifs is 1. The van der Waals surface area contributed by atoms with Crippen molar-refractivity contribution in [3.8, 4) is 0 Å². The van der Waals surface area contributed by atoms with Crippen LogP contribution in [0.4, 0.5) is 5.69 Å². The molecule has 4 aliphatic rings. The number of carbonyl (C=O) groups excluding carboxylic acids is 3. The zero-order valence-electron chi connectivity index (χ0n) is 11.9. The number of primary amides is 1. The molecule has 4 atom stereocenters. The summed E-state index contributed by atoms with van der Waals surface area (Å²) in [6.45, 7) is 0. The number of rotatable bonds is 2. The smallest absolute Gasteiger partial charge is 0.239 e. The topological polar surface area (TPSA) is 80.5 Å². The molecule has 22 heavy (non-hydrogen) atoms. The van der Waals surface area contributed by atoms with Crippen LogP contribution in [0, 0.1) is 23.2 Å². The van der Waals surface area contributed by atoms with Gasteiger partial charge >= 0.3 is 0 Å². The van der Waals surface area contributed by atoms with Crippen LogP contribution in [0.2, 0.25) is 0 Å². The van der Waals surface area contributed by atoms with E-state index < -0.39 is 23.2 Å². The maximum absolute atomic E-state index is 12.9. The quantitative estimate of drug-likeness (QED) is 0.658. The summed E-state index contributed by atoms with van der Waals surface area (Å²) in [7, 11) is 0. The molecule has 1 saturated carbocycles. The van der Waals surface area contributed by atoms with Crippen LogP contribution in [0.15, 0.2) is 42.5 Å². The number of nitrogens with two attached hydrogens (primary N) is 1. The van der Waals surface area contributed by atoms with Crippen molar-refractivity contribution in [1.82, 2.24) is 0 Å². The summed E-state index contributed by atoms with van der Waals surface area (Å²) >= 11 is 0. The zero-order chi connectivity index (χ0) is 15.5. The number of benzene rings is 1. The van der Waals surface area contributed by atoms with Gasteiger partial charge in [0, 0.05) is 0 Å². The Morgan fingerprint density at radius 3 is 2.50 bits per heavy atom. The summed E-state index contributed by atoms with van der Waals surface area (Å²) in [6.07, 6.45) is 4.94. The molecular formula is C17H16N2O3. The van der Waals surface area contributed by atoms with Gasteiger partial charge in [0.1, 0.15) is 0 Å². The molecule has 2 fully saturated rings. The number of hydrogen-bond donors (Lipinski definition) is 1. The van der Waals surface area contributed by atoms with Gasteiger partial charge in [-0.1, -0.05) is 30.4 Å². The minimum Gasteiger partial charge on any atom is -0.369 e. The first-order chi connectivity index (χ1) is 10.6. The Kier molecular flexibility index (Phi) is 2.58. The molecule has 1 heterocycles. The van der Waals surface area contributed by atoms with Crippen molar-refractivity contribution in [3.05, 3.63) is 42.5 Å². The Hall–Kier alpha value is -2.43. The van der Waals surface area contributed by atoms with E-state index >= 15 is 0 Å². The first kappa shape index (κ1) is 13.2. The average Bonchev–Trinajstić information content (AvgIpc) is 2.83. The molecule has 2 N–H and O–H groups in total. The molecule has 0 aromatic heterocycles. The van der Waals surface area contributed by atoms with Crippen molar-refractivity contribution in [2.45, 2.75) is 12.8 Å². The minimum atomic E-state index is -1.00. The highest BCUT2D eigenvalue weighted by atomic mass is 16.2. The van der Waals surface area contributed by atoms with Gasteiger partial charge in [0.25, 0.3) is 0 Å². The summed E-state index contributed by atoms with van der Waals surface area (Å²) in [5.41, 5.74) is 5.17. The Morgan fingerprint density at radius 2 is 1.91 bits per heavy atom. The van der Waals surface area contributed by atoms with Crippen LogP contribution < -0.4 is 10.6 Å². The van der Waals surface area contributed by atoms with Gasteiger partial charge in [-0.3, -0.25) is 14.4 Å². The van der Waals surface area contributed by atoms with Gasteiger partial charge < -0.3 is 5.73 Å². The lowest BCUT2D eigenvalue weighted by atomic mass is 9.54. The van der Waals surface area contributed by atoms with Gasteiger partial charge in [-0.25, -0.2) is 4.90 Å². The Labute approximate surface area is 127 Å². The molecule has 0 radical (unpaired) electrons. The molecule has 5 rings (SSSR count). The molecule has 3 aliphatic carbocycles. The van der Waals surface area contributed by atoms with Gasteiger partial charge in [-0.15, -0.1) is 0 Å². The first-order valence-electron chi connectivity index (χ1n) is 7.48. The number of carbonyl (C=O) groups is 3. The van der Waals surface area contributed by atoms with E-state index in [2.05, 4.69) is 0 Å². The normalized spacial score (nSPS) is 35.8. The average molecular weight is 296 g/mol. The van der Waals surface area contributed by atoms with Gasteiger partial charge in [0.15, 0.2) is 0 Å². The van der Waals surface area contributed by atoms with E-state index in [1.54, 1.807) is 30.3 Å². The fraction of sp³-hybridized carbons (Fsp3) is 0.353. The third-order valence-electron chi connectivity index (χ3n) is 5.37. The molecule has 4 unspecified atom stereocenters. The van der Waals surface area contributed by atoms with Crippen molar-refractivity contribution in [1.29, 1.82) is 0 Å². The van der Waals surface area contributed by atoms with E-state index in [9.17, 15) is 14.4 Å². The largest absolute Gasteiger partial charge is 0.369 e. The van der Waals surface area contributed by atoms with E-state index in [1.165, 1.54) is 4.90 Å². The molecule has 1 aliphatic heterocycles. The van der Waals surface area contributed by atoms with Crippen LogP contribution >= 0.6 is 0 Å². The van der Waals surface area contributed by atoms with Gasteiger partial charge in [-0.05, 0) is 30.9 Å². The second kappa shape index (κ2) is 4.29. The highest BCUT2D eigenvalue weighted by molar-refractivity contribution is 6.23. The van der Waals surface area contributed by atoms with Crippen LogP contribution in [0.3, 0.4) is 0 Å². The van der Waals surface area contributed by atoms with E-state index in [0.717, 1.165) is 6.42 Å². The van der Waals surface area contributed by atoms with Crippen LogP contribution in [0.25, 0.3) is 0 Å². The lowest BCUT2D eigenvalue weighted by molar-refractivity contribution is -0.141. The Bertz CT molecular complexity index is 712.